The second kappa shape index (κ2) is 9.34. The van der Waals surface area contributed by atoms with Crippen molar-refractivity contribution in [3.05, 3.63) is 83.4 Å². The first-order valence-corrected chi connectivity index (χ1v) is 9.88. The van der Waals surface area contributed by atoms with Crippen molar-refractivity contribution in [2.45, 2.75) is 39.2 Å². The molecule has 4 nitrogen and oxygen atoms in total. The lowest BCUT2D eigenvalue weighted by molar-refractivity contribution is -0.274. The van der Waals surface area contributed by atoms with Crippen LogP contribution < -0.4 is 14.2 Å². The standard InChI is InChI=1S/C25H23F3O4/c1-24(2,3)19-7-4-17(5-8-19)16-30-23-14-22(9-6-18(23)15-29)31-20-10-12-21(13-11-20)32-25(26,27)28/h4-15H,16H2,1-3H3. The van der Waals surface area contributed by atoms with Gasteiger partial charge >= 0.3 is 6.36 Å². The Labute approximate surface area is 184 Å². The minimum atomic E-state index is -4.76. The molecule has 168 valence electrons. The van der Waals surface area contributed by atoms with Crippen molar-refractivity contribution in [3.8, 4) is 23.0 Å². The van der Waals surface area contributed by atoms with Crippen molar-refractivity contribution in [3.63, 3.8) is 0 Å². The molecule has 0 aromatic heterocycles. The number of ether oxygens (including phenoxy) is 3. The third-order valence-corrected chi connectivity index (χ3v) is 4.62. The molecule has 0 aliphatic carbocycles. The van der Waals surface area contributed by atoms with Crippen LogP contribution in [0.1, 0.15) is 42.3 Å². The molecule has 3 aromatic rings. The predicted octanol–water partition coefficient (Wildman–Crippen LogP) is 7.07. The molecule has 0 saturated carbocycles. The van der Waals surface area contributed by atoms with Gasteiger partial charge in [-0.05, 0) is 52.9 Å². The maximum Gasteiger partial charge on any atom is 0.573 e. The number of halogens is 3. The topological polar surface area (TPSA) is 44.8 Å². The zero-order valence-electron chi connectivity index (χ0n) is 17.9. The third-order valence-electron chi connectivity index (χ3n) is 4.62. The minimum Gasteiger partial charge on any atom is -0.488 e. The Balaban J connectivity index is 1.69. The molecule has 0 fully saturated rings. The van der Waals surface area contributed by atoms with Gasteiger partial charge in [-0.25, -0.2) is 0 Å². The number of hydrogen-bond donors (Lipinski definition) is 0. The molecule has 7 heteroatoms. The molecular formula is C25H23F3O4. The molecule has 0 atom stereocenters. The quantitative estimate of drug-likeness (QED) is 0.366. The van der Waals surface area contributed by atoms with Gasteiger partial charge in [-0.2, -0.15) is 0 Å². The number of rotatable bonds is 7. The Morgan fingerprint density at radius 2 is 1.41 bits per heavy atom. The number of benzene rings is 3. The number of hydrogen-bond acceptors (Lipinski definition) is 4. The van der Waals surface area contributed by atoms with Gasteiger partial charge in [0.2, 0.25) is 0 Å². The molecule has 0 aliphatic heterocycles. The lowest BCUT2D eigenvalue weighted by atomic mass is 9.87. The number of alkyl halides is 3. The predicted molar refractivity (Wildman–Crippen MR) is 115 cm³/mol. The Morgan fingerprint density at radius 1 is 0.812 bits per heavy atom. The summed E-state index contributed by atoms with van der Waals surface area (Å²) in [6.07, 6.45) is -4.07. The van der Waals surface area contributed by atoms with Crippen LogP contribution in [0.3, 0.4) is 0 Å². The highest BCUT2D eigenvalue weighted by molar-refractivity contribution is 5.79. The van der Waals surface area contributed by atoms with E-state index in [9.17, 15) is 18.0 Å². The van der Waals surface area contributed by atoms with Crippen LogP contribution in [0.4, 0.5) is 13.2 Å². The highest BCUT2D eigenvalue weighted by Crippen LogP contribution is 2.31. The van der Waals surface area contributed by atoms with Crippen molar-refractivity contribution in [2.24, 2.45) is 0 Å². The summed E-state index contributed by atoms with van der Waals surface area (Å²) in [5, 5.41) is 0. The largest absolute Gasteiger partial charge is 0.573 e. The average Bonchev–Trinajstić information content (AvgIpc) is 2.72. The van der Waals surface area contributed by atoms with E-state index in [1.54, 1.807) is 18.2 Å². The van der Waals surface area contributed by atoms with Gasteiger partial charge in [-0.15, -0.1) is 13.2 Å². The maximum atomic E-state index is 12.3. The molecule has 3 rings (SSSR count). The van der Waals surface area contributed by atoms with Crippen LogP contribution in [0.25, 0.3) is 0 Å². The van der Waals surface area contributed by atoms with E-state index in [1.165, 1.54) is 17.7 Å². The summed E-state index contributed by atoms with van der Waals surface area (Å²) in [6.45, 7) is 6.67. The average molecular weight is 444 g/mol. The molecule has 0 saturated heterocycles. The molecule has 0 radical (unpaired) electrons. The van der Waals surface area contributed by atoms with E-state index in [0.717, 1.165) is 17.7 Å². The summed E-state index contributed by atoms with van der Waals surface area (Å²) in [5.41, 5.74) is 2.56. The van der Waals surface area contributed by atoms with Gasteiger partial charge in [-0.3, -0.25) is 4.79 Å². The molecule has 0 spiro atoms. The van der Waals surface area contributed by atoms with E-state index in [2.05, 4.69) is 25.5 Å². The van der Waals surface area contributed by atoms with E-state index in [1.807, 2.05) is 24.3 Å². The van der Waals surface area contributed by atoms with Crippen molar-refractivity contribution in [1.82, 2.24) is 0 Å². The number of carbonyl (C=O) groups excluding carboxylic acids is 1. The Bertz CT molecular complexity index is 1050. The normalized spacial score (nSPS) is 11.7. The first kappa shape index (κ1) is 23.2. The Morgan fingerprint density at radius 3 is 1.97 bits per heavy atom. The molecule has 0 heterocycles. The van der Waals surface area contributed by atoms with Crippen LogP contribution in [-0.4, -0.2) is 12.6 Å². The highest BCUT2D eigenvalue weighted by atomic mass is 19.4. The Kier molecular flexibility index (Phi) is 6.77. The summed E-state index contributed by atoms with van der Waals surface area (Å²) in [6, 6.07) is 17.8. The van der Waals surface area contributed by atoms with E-state index < -0.39 is 6.36 Å². The van der Waals surface area contributed by atoms with Gasteiger partial charge in [-0.1, -0.05) is 45.0 Å². The second-order valence-electron chi connectivity index (χ2n) is 8.17. The SMILES string of the molecule is CC(C)(C)c1ccc(COc2cc(Oc3ccc(OC(F)(F)F)cc3)ccc2C=O)cc1. The van der Waals surface area contributed by atoms with E-state index in [-0.39, 0.29) is 17.8 Å². The van der Waals surface area contributed by atoms with Gasteiger partial charge in [0.05, 0.1) is 5.56 Å². The summed E-state index contributed by atoms with van der Waals surface area (Å²) < 4.78 is 52.2. The zero-order valence-corrected chi connectivity index (χ0v) is 17.9. The summed E-state index contributed by atoms with van der Waals surface area (Å²) in [5.74, 6) is 0.678. The minimum absolute atomic E-state index is 0.0484. The molecular weight excluding hydrogens is 421 g/mol. The molecule has 0 N–H and O–H groups in total. The van der Waals surface area contributed by atoms with Crippen molar-refractivity contribution >= 4 is 6.29 Å². The molecule has 0 bridgehead atoms. The highest BCUT2D eigenvalue weighted by Gasteiger charge is 2.31. The van der Waals surface area contributed by atoms with Crippen molar-refractivity contribution < 1.29 is 32.2 Å². The maximum absolute atomic E-state index is 12.3. The van der Waals surface area contributed by atoms with E-state index in [4.69, 9.17) is 9.47 Å². The fraction of sp³-hybridized carbons (Fsp3) is 0.240. The second-order valence-corrected chi connectivity index (χ2v) is 8.17. The number of carbonyl (C=O) groups is 1. The third kappa shape index (κ3) is 6.51. The van der Waals surface area contributed by atoms with Crippen LogP contribution in [0.5, 0.6) is 23.0 Å². The molecule has 3 aromatic carbocycles. The van der Waals surface area contributed by atoms with Crippen molar-refractivity contribution in [2.75, 3.05) is 0 Å². The zero-order chi connectivity index (χ0) is 23.4. The molecule has 32 heavy (non-hydrogen) atoms. The van der Waals surface area contributed by atoms with Crippen LogP contribution in [0.2, 0.25) is 0 Å². The van der Waals surface area contributed by atoms with Crippen LogP contribution >= 0.6 is 0 Å². The summed E-state index contributed by atoms with van der Waals surface area (Å²) in [7, 11) is 0. The van der Waals surface area contributed by atoms with Gasteiger partial charge in [0.1, 0.15) is 29.6 Å². The first-order valence-electron chi connectivity index (χ1n) is 9.88. The fourth-order valence-corrected chi connectivity index (χ4v) is 2.91. The molecule has 0 unspecified atom stereocenters. The van der Waals surface area contributed by atoms with Crippen LogP contribution in [0.15, 0.2) is 66.7 Å². The lowest BCUT2D eigenvalue weighted by Crippen LogP contribution is -2.16. The smallest absolute Gasteiger partial charge is 0.488 e. The van der Waals surface area contributed by atoms with E-state index >= 15 is 0 Å². The Hall–Kier alpha value is -3.48. The molecule has 0 aliphatic rings. The fourth-order valence-electron chi connectivity index (χ4n) is 2.91. The summed E-state index contributed by atoms with van der Waals surface area (Å²) >= 11 is 0. The molecule has 0 amide bonds. The first-order chi connectivity index (χ1) is 15.0. The van der Waals surface area contributed by atoms with Gasteiger partial charge in [0, 0.05) is 6.07 Å². The number of aldehydes is 1. The van der Waals surface area contributed by atoms with Crippen LogP contribution in [0, 0.1) is 0 Å². The van der Waals surface area contributed by atoms with Crippen molar-refractivity contribution in [1.29, 1.82) is 0 Å². The monoisotopic (exact) mass is 444 g/mol. The van der Waals surface area contributed by atoms with Gasteiger partial charge in [0.25, 0.3) is 0 Å². The van der Waals surface area contributed by atoms with E-state index in [0.29, 0.717) is 29.1 Å². The van der Waals surface area contributed by atoms with Gasteiger partial charge in [0.15, 0.2) is 6.29 Å². The van der Waals surface area contributed by atoms with Crippen LogP contribution in [-0.2, 0) is 12.0 Å². The summed E-state index contributed by atoms with van der Waals surface area (Å²) in [4.78, 5) is 11.4. The van der Waals surface area contributed by atoms with Gasteiger partial charge < -0.3 is 14.2 Å². The lowest BCUT2D eigenvalue weighted by Gasteiger charge is -2.19.